The topological polar surface area (TPSA) is 101 Å². The molecule has 0 bridgehead atoms. The Hall–Kier alpha value is -2.92. The lowest BCUT2D eigenvalue weighted by Gasteiger charge is -2.34. The molecule has 9 nitrogen and oxygen atoms in total. The monoisotopic (exact) mass is 512 g/mol. The number of fused-ring (bicyclic) bond motifs is 1. The number of benzene rings is 2. The van der Waals surface area contributed by atoms with E-state index >= 15 is 0 Å². The number of amides is 2. The number of rotatable bonds is 8. The second-order valence-electron chi connectivity index (χ2n) is 7.34. The Morgan fingerprint density at radius 3 is 2.71 bits per heavy atom. The Kier molecular flexibility index (Phi) is 8.32. The van der Waals surface area contributed by atoms with Crippen LogP contribution >= 0.6 is 24.0 Å². The summed E-state index contributed by atoms with van der Waals surface area (Å²) in [5.41, 5.74) is 1.46. The van der Waals surface area contributed by atoms with Gasteiger partial charge >= 0.3 is 0 Å². The normalized spacial score (nSPS) is 19.2. The molecule has 2 aliphatic rings. The molecular formula is C22H23Cl2FN4O5. The zero-order valence-corrected chi connectivity index (χ0v) is 19.7. The lowest BCUT2D eigenvalue weighted by molar-refractivity contribution is -0.158. The van der Waals surface area contributed by atoms with Gasteiger partial charge < -0.3 is 24.8 Å². The number of morpholine rings is 1. The smallest absolute Gasteiger partial charge is 0.267 e. The lowest BCUT2D eigenvalue weighted by Crippen LogP contribution is -2.46. The number of hydrogen-bond acceptors (Lipinski definition) is 8. The molecule has 1 atom stereocenters. The summed E-state index contributed by atoms with van der Waals surface area (Å²) in [4.78, 5) is 29.1. The second-order valence-corrected chi connectivity index (χ2v) is 7.78. The highest BCUT2D eigenvalue weighted by Crippen LogP contribution is 2.38. The van der Waals surface area contributed by atoms with Crippen molar-refractivity contribution in [3.63, 3.8) is 0 Å². The molecule has 182 valence electrons. The van der Waals surface area contributed by atoms with E-state index < -0.39 is 11.7 Å². The number of ether oxygens (including phenoxy) is 3. The van der Waals surface area contributed by atoms with Gasteiger partial charge in [-0.1, -0.05) is 11.6 Å². The maximum atomic E-state index is 14.4. The third-order valence-corrected chi connectivity index (χ3v) is 5.44. The van der Waals surface area contributed by atoms with E-state index in [1.54, 1.807) is 24.3 Å². The minimum atomic E-state index is -1.36. The number of halogens is 3. The van der Waals surface area contributed by atoms with Gasteiger partial charge in [0.1, 0.15) is 24.8 Å². The van der Waals surface area contributed by atoms with Crippen LogP contribution in [-0.2, 0) is 24.9 Å². The number of carbonyl (C=O) groups excluding carboxylic acids is 2. The molecule has 12 heteroatoms. The quantitative estimate of drug-likeness (QED) is 0.317. The molecule has 0 spiro atoms. The molecule has 0 aliphatic carbocycles. The summed E-state index contributed by atoms with van der Waals surface area (Å²) < 4.78 is 30.7. The molecule has 1 unspecified atom stereocenters. The molecule has 1 saturated heterocycles. The van der Waals surface area contributed by atoms with Crippen LogP contribution in [-0.4, -0.2) is 56.5 Å². The van der Waals surface area contributed by atoms with Crippen molar-refractivity contribution in [3.8, 4) is 5.75 Å². The fourth-order valence-corrected chi connectivity index (χ4v) is 3.72. The van der Waals surface area contributed by atoms with Crippen LogP contribution in [0.5, 0.6) is 5.75 Å². The first kappa shape index (κ1) is 25.7. The lowest BCUT2D eigenvalue weighted by atomic mass is 10.1. The van der Waals surface area contributed by atoms with E-state index in [9.17, 15) is 14.0 Å². The van der Waals surface area contributed by atoms with Crippen molar-refractivity contribution in [1.82, 2.24) is 4.90 Å². The third kappa shape index (κ3) is 5.41. The molecule has 0 radical (unpaired) electrons. The van der Waals surface area contributed by atoms with Crippen LogP contribution in [0.3, 0.4) is 0 Å². The summed E-state index contributed by atoms with van der Waals surface area (Å²) in [7, 11) is 1.46. The summed E-state index contributed by atoms with van der Waals surface area (Å²) in [5.74, 6) is -2.01. The van der Waals surface area contributed by atoms with Crippen LogP contribution in [0.1, 0.15) is 12.0 Å². The highest BCUT2D eigenvalue weighted by molar-refractivity contribution is 6.30. The molecule has 2 aliphatic heterocycles. The summed E-state index contributed by atoms with van der Waals surface area (Å²) >= 11 is 5.84. The fraction of sp³-hybridized carbons (Fsp3) is 0.318. The summed E-state index contributed by atoms with van der Waals surface area (Å²) in [6, 6.07) is 9.54. The Balaban J connectivity index is 0.00000324. The SMILES string of the molecule is COC1(Nc2ccc(Cl)cc2F)N=CNc2cc(OCCCN3C(=O)COCC3=O)ccc21.Cl. The first-order valence-corrected chi connectivity index (χ1v) is 10.6. The van der Waals surface area contributed by atoms with Crippen LogP contribution in [0, 0.1) is 5.82 Å². The summed E-state index contributed by atoms with van der Waals surface area (Å²) in [6.45, 7) is 0.397. The Bertz CT molecular complexity index is 1090. The Morgan fingerprint density at radius 1 is 1.24 bits per heavy atom. The van der Waals surface area contributed by atoms with E-state index in [1.807, 2.05) is 0 Å². The fourth-order valence-electron chi connectivity index (χ4n) is 3.56. The molecule has 2 aromatic carbocycles. The Morgan fingerprint density at radius 2 is 2.00 bits per heavy atom. The molecule has 2 amide bonds. The number of nitrogens with one attached hydrogen (secondary N) is 2. The third-order valence-electron chi connectivity index (χ3n) is 5.20. The van der Waals surface area contributed by atoms with Crippen molar-refractivity contribution >= 4 is 53.5 Å². The molecule has 34 heavy (non-hydrogen) atoms. The van der Waals surface area contributed by atoms with Gasteiger partial charge in [0.15, 0.2) is 0 Å². The van der Waals surface area contributed by atoms with Crippen molar-refractivity contribution in [1.29, 1.82) is 0 Å². The van der Waals surface area contributed by atoms with Crippen molar-refractivity contribution < 1.29 is 28.2 Å². The largest absolute Gasteiger partial charge is 0.493 e. The Labute approximate surface area is 206 Å². The van der Waals surface area contributed by atoms with Crippen LogP contribution in [0.15, 0.2) is 41.4 Å². The van der Waals surface area contributed by atoms with Gasteiger partial charge in [-0.3, -0.25) is 14.5 Å². The van der Waals surface area contributed by atoms with Crippen molar-refractivity contribution in [2.75, 3.05) is 44.1 Å². The van der Waals surface area contributed by atoms with Gasteiger partial charge in [-0.15, -0.1) is 12.4 Å². The summed E-state index contributed by atoms with van der Waals surface area (Å²) in [5, 5.41) is 6.32. The average molecular weight is 513 g/mol. The van der Waals surface area contributed by atoms with Crippen LogP contribution < -0.4 is 15.4 Å². The van der Waals surface area contributed by atoms with Crippen LogP contribution in [0.2, 0.25) is 5.02 Å². The molecule has 1 fully saturated rings. The zero-order chi connectivity index (χ0) is 23.4. The van der Waals surface area contributed by atoms with E-state index in [0.29, 0.717) is 30.0 Å². The number of hydrogen-bond donors (Lipinski definition) is 2. The van der Waals surface area contributed by atoms with Crippen LogP contribution in [0.4, 0.5) is 15.8 Å². The first-order valence-electron chi connectivity index (χ1n) is 10.2. The van der Waals surface area contributed by atoms with Gasteiger partial charge in [-0.25, -0.2) is 9.38 Å². The highest BCUT2D eigenvalue weighted by Gasteiger charge is 2.37. The van der Waals surface area contributed by atoms with E-state index in [1.165, 1.54) is 30.5 Å². The van der Waals surface area contributed by atoms with Gasteiger partial charge in [-0.2, -0.15) is 0 Å². The van der Waals surface area contributed by atoms with Gasteiger partial charge in [-0.05, 0) is 36.8 Å². The average Bonchev–Trinajstić information content (AvgIpc) is 2.80. The van der Waals surface area contributed by atoms with Gasteiger partial charge in [0, 0.05) is 24.7 Å². The van der Waals surface area contributed by atoms with E-state index in [4.69, 9.17) is 25.8 Å². The summed E-state index contributed by atoms with van der Waals surface area (Å²) in [6.07, 6.45) is 1.93. The van der Waals surface area contributed by atoms with Crippen molar-refractivity contribution in [2.45, 2.75) is 12.3 Å². The van der Waals surface area contributed by atoms with Crippen molar-refractivity contribution in [3.05, 3.63) is 52.8 Å². The molecule has 0 aromatic heterocycles. The van der Waals surface area contributed by atoms with Gasteiger partial charge in [0.05, 0.1) is 29.9 Å². The standard InChI is InChI=1S/C22H22ClFN4O5.ClH/c1-31-22(27-18-6-3-14(23)9-17(18)24)16-5-4-15(10-19(16)25-13-26-22)33-8-2-7-28-20(29)11-32-12-21(28)30;/h3-6,9-10,13,27H,2,7-8,11-12H2,1H3,(H,25,26);1H. The maximum Gasteiger partial charge on any atom is 0.267 e. The molecule has 0 saturated carbocycles. The minimum absolute atomic E-state index is 0. The predicted molar refractivity (Wildman–Crippen MR) is 127 cm³/mol. The zero-order valence-electron chi connectivity index (χ0n) is 18.2. The number of aliphatic imine (C=N–C) groups is 1. The maximum absolute atomic E-state index is 14.4. The second kappa shape index (κ2) is 11.0. The van der Waals surface area contributed by atoms with E-state index in [0.717, 1.165) is 0 Å². The number of imide groups is 1. The number of carbonyl (C=O) groups is 2. The molecule has 2 aromatic rings. The highest BCUT2D eigenvalue weighted by atomic mass is 35.5. The predicted octanol–water partition coefficient (Wildman–Crippen LogP) is 3.38. The van der Waals surface area contributed by atoms with Crippen LogP contribution in [0.25, 0.3) is 0 Å². The molecule has 2 heterocycles. The molecular weight excluding hydrogens is 490 g/mol. The van der Waals surface area contributed by atoms with E-state index in [2.05, 4.69) is 15.6 Å². The number of nitrogens with zero attached hydrogens (tertiary/aromatic N) is 2. The van der Waals surface area contributed by atoms with Crippen molar-refractivity contribution in [2.24, 2.45) is 4.99 Å². The number of methoxy groups -OCH3 is 1. The first-order chi connectivity index (χ1) is 15.9. The molecule has 2 N–H and O–H groups in total. The van der Waals surface area contributed by atoms with Gasteiger partial charge in [0.2, 0.25) is 0 Å². The molecule has 4 rings (SSSR count). The van der Waals surface area contributed by atoms with E-state index in [-0.39, 0.29) is 54.7 Å². The van der Waals surface area contributed by atoms with Gasteiger partial charge in [0.25, 0.3) is 17.7 Å². The number of anilines is 2. The minimum Gasteiger partial charge on any atom is -0.493 e.